The van der Waals surface area contributed by atoms with E-state index in [4.69, 9.17) is 25.8 Å². The van der Waals surface area contributed by atoms with Crippen LogP contribution in [0.3, 0.4) is 0 Å². The number of ether oxygens (including phenoxy) is 3. The van der Waals surface area contributed by atoms with Crippen LogP contribution >= 0.6 is 11.6 Å². The van der Waals surface area contributed by atoms with E-state index in [1.807, 2.05) is 0 Å². The number of unbranched alkanes of at least 4 members (excludes halogenated alkanes) is 34. The summed E-state index contributed by atoms with van der Waals surface area (Å²) < 4.78 is 17.1. The highest BCUT2D eigenvalue weighted by Gasteiger charge is 2.45. The van der Waals surface area contributed by atoms with Crippen LogP contribution in [0.1, 0.15) is 251 Å². The molecule has 69 heavy (non-hydrogen) atoms. The fourth-order valence-corrected chi connectivity index (χ4v) is 9.73. The molecule has 1 aliphatic heterocycles. The number of carbonyl (C=O) groups excluding carboxylic acids is 1. The topological polar surface area (TPSA) is 170 Å². The number of carbonyl (C=O) groups is 1. The van der Waals surface area contributed by atoms with E-state index >= 15 is 0 Å². The minimum absolute atomic E-state index is 0.138. The van der Waals surface area contributed by atoms with Crippen molar-refractivity contribution < 1.29 is 44.5 Å². The molecular formula is C57H105ClN2O9. The number of nitrogens with one attached hydrogen (secondary N) is 2. The number of halogens is 1. The Balaban J connectivity index is 1.69. The molecule has 0 saturated carbocycles. The lowest BCUT2D eigenvalue weighted by Crippen LogP contribution is -2.60. The van der Waals surface area contributed by atoms with Crippen LogP contribution in [-0.4, -0.2) is 100 Å². The summed E-state index contributed by atoms with van der Waals surface area (Å²) in [5, 5.41) is 61.0. The Labute approximate surface area is 426 Å². The van der Waals surface area contributed by atoms with Gasteiger partial charge in [-0.25, -0.2) is 4.79 Å². The minimum Gasteiger partial charge on any atom is -0.446 e. The van der Waals surface area contributed by atoms with Crippen molar-refractivity contribution in [3.63, 3.8) is 0 Å². The first-order valence-corrected chi connectivity index (χ1v) is 29.2. The van der Waals surface area contributed by atoms with E-state index in [0.29, 0.717) is 23.7 Å². The average Bonchev–Trinajstić information content (AvgIpc) is 3.35. The van der Waals surface area contributed by atoms with Gasteiger partial charge >= 0.3 is 6.09 Å². The van der Waals surface area contributed by atoms with E-state index in [-0.39, 0.29) is 6.61 Å². The maximum Gasteiger partial charge on any atom is 0.411 e. The van der Waals surface area contributed by atoms with Gasteiger partial charge in [-0.15, -0.1) is 0 Å². The summed E-state index contributed by atoms with van der Waals surface area (Å²) >= 11 is 6.13. The van der Waals surface area contributed by atoms with Crippen molar-refractivity contribution in [2.45, 2.75) is 300 Å². The number of aliphatic hydroxyl groups excluding tert-OH is 5. The molecule has 0 spiro atoms. The smallest absolute Gasteiger partial charge is 0.411 e. The zero-order valence-electron chi connectivity index (χ0n) is 44.0. The third-order valence-electron chi connectivity index (χ3n) is 14.2. The largest absolute Gasteiger partial charge is 0.446 e. The van der Waals surface area contributed by atoms with Crippen molar-refractivity contribution in [1.82, 2.24) is 5.32 Å². The second kappa shape index (κ2) is 44.0. The van der Waals surface area contributed by atoms with E-state index in [9.17, 15) is 30.3 Å². The fraction of sp³-hybridized carbons (Fsp3) is 0.877. The number of rotatable bonds is 47. The molecule has 0 bridgehead atoms. The van der Waals surface area contributed by atoms with Crippen molar-refractivity contribution in [2.75, 3.05) is 25.1 Å². The third kappa shape index (κ3) is 32.3. The predicted molar refractivity (Wildman–Crippen MR) is 285 cm³/mol. The van der Waals surface area contributed by atoms with Gasteiger partial charge in [0.2, 0.25) is 0 Å². The van der Waals surface area contributed by atoms with Crippen LogP contribution in [-0.2, 0) is 14.2 Å². The zero-order chi connectivity index (χ0) is 50.0. The third-order valence-corrected chi connectivity index (χ3v) is 14.5. The molecule has 12 heteroatoms. The van der Waals surface area contributed by atoms with Gasteiger partial charge in [-0.1, -0.05) is 262 Å². The Bertz CT molecular complexity index is 1310. The van der Waals surface area contributed by atoms with Gasteiger partial charge in [-0.3, -0.25) is 5.32 Å². The van der Waals surface area contributed by atoms with Crippen LogP contribution in [0.15, 0.2) is 24.3 Å². The molecule has 1 amide bonds. The molecule has 11 nitrogen and oxygen atoms in total. The van der Waals surface area contributed by atoms with Gasteiger partial charge in [0.05, 0.1) is 35.6 Å². The summed E-state index contributed by atoms with van der Waals surface area (Å²) in [7, 11) is 0. The minimum atomic E-state index is -1.64. The average molecular weight is 998 g/mol. The molecule has 1 heterocycles. The lowest BCUT2D eigenvalue weighted by Gasteiger charge is -2.40. The number of hydrogen-bond acceptors (Lipinski definition) is 10. The van der Waals surface area contributed by atoms with E-state index in [0.717, 1.165) is 38.5 Å². The highest BCUT2D eigenvalue weighted by Crippen LogP contribution is 2.25. The van der Waals surface area contributed by atoms with Gasteiger partial charge in [-0.2, -0.15) is 0 Å². The number of aliphatic hydroxyl groups is 5. The Morgan fingerprint density at radius 1 is 0.580 bits per heavy atom. The Kier molecular flexibility index (Phi) is 40.5. The molecule has 1 saturated heterocycles. The van der Waals surface area contributed by atoms with Gasteiger partial charge in [0.25, 0.3) is 0 Å². The van der Waals surface area contributed by atoms with Crippen LogP contribution in [0.2, 0.25) is 5.02 Å². The van der Waals surface area contributed by atoms with Crippen molar-refractivity contribution >= 4 is 23.4 Å². The predicted octanol–water partition coefficient (Wildman–Crippen LogP) is 13.9. The molecule has 1 aromatic rings. The van der Waals surface area contributed by atoms with E-state index in [1.165, 1.54) is 193 Å². The summed E-state index contributed by atoms with van der Waals surface area (Å²) in [4.78, 5) is 12.5. The summed E-state index contributed by atoms with van der Waals surface area (Å²) in [5.74, 6) is 0. The van der Waals surface area contributed by atoms with Crippen molar-refractivity contribution in [3.05, 3.63) is 29.3 Å². The SMILES string of the molecule is CCCCCCCCCCCCCCCCCCCCCCCCCCN[C@@H](CO[C@@H]1O[C@H](COC(=O)Nc2ccccc2Cl)[C@H](O)[C@H](O)[C@H]1O)[C@H](O)[C@H](O)CCCCCCCCCCCCCC. The number of amides is 1. The van der Waals surface area contributed by atoms with Crippen molar-refractivity contribution in [1.29, 1.82) is 0 Å². The molecule has 0 aliphatic carbocycles. The molecule has 1 aliphatic rings. The van der Waals surface area contributed by atoms with Crippen LogP contribution in [0, 0.1) is 0 Å². The monoisotopic (exact) mass is 997 g/mol. The van der Waals surface area contributed by atoms with Gasteiger partial charge in [0, 0.05) is 0 Å². The molecule has 0 radical (unpaired) electrons. The molecule has 0 aromatic heterocycles. The number of hydrogen-bond donors (Lipinski definition) is 7. The second-order valence-corrected chi connectivity index (χ2v) is 20.9. The maximum atomic E-state index is 12.5. The summed E-state index contributed by atoms with van der Waals surface area (Å²) in [6.45, 7) is 4.57. The molecule has 1 fully saturated rings. The summed E-state index contributed by atoms with van der Waals surface area (Å²) in [5.41, 5.74) is 0.343. The first-order chi connectivity index (χ1) is 33.7. The highest BCUT2D eigenvalue weighted by atomic mass is 35.5. The van der Waals surface area contributed by atoms with Crippen LogP contribution in [0.4, 0.5) is 10.5 Å². The number of benzene rings is 1. The summed E-state index contributed by atoms with van der Waals surface area (Å²) in [6, 6.07) is 5.97. The number of anilines is 1. The van der Waals surface area contributed by atoms with E-state index in [1.54, 1.807) is 24.3 Å². The molecular weight excluding hydrogens is 892 g/mol. The maximum absolute atomic E-state index is 12.5. The Morgan fingerprint density at radius 3 is 1.42 bits per heavy atom. The first kappa shape index (κ1) is 63.6. The van der Waals surface area contributed by atoms with Crippen molar-refractivity contribution in [3.8, 4) is 0 Å². The van der Waals surface area contributed by atoms with Gasteiger partial charge < -0.3 is 45.1 Å². The molecule has 0 unspecified atom stereocenters. The van der Waals surface area contributed by atoms with Crippen LogP contribution in [0.5, 0.6) is 0 Å². The lowest BCUT2D eigenvalue weighted by atomic mass is 9.98. The Morgan fingerprint density at radius 2 is 0.986 bits per heavy atom. The van der Waals surface area contributed by atoms with Gasteiger partial charge in [0.1, 0.15) is 31.0 Å². The van der Waals surface area contributed by atoms with Crippen molar-refractivity contribution in [2.24, 2.45) is 0 Å². The lowest BCUT2D eigenvalue weighted by molar-refractivity contribution is -0.302. The molecule has 7 N–H and O–H groups in total. The number of para-hydroxylation sites is 1. The zero-order valence-corrected chi connectivity index (χ0v) is 44.7. The molecule has 404 valence electrons. The summed E-state index contributed by atoms with van der Waals surface area (Å²) in [6.07, 6.45) is 36.7. The molecule has 2 rings (SSSR count). The van der Waals surface area contributed by atoms with Gasteiger partial charge in [0.15, 0.2) is 6.29 Å². The molecule has 1 aromatic carbocycles. The van der Waals surface area contributed by atoms with E-state index < -0.39 is 61.7 Å². The Hall–Kier alpha value is -1.54. The fourth-order valence-electron chi connectivity index (χ4n) is 9.54. The normalized spacial score (nSPS) is 19.7. The van der Waals surface area contributed by atoms with Crippen LogP contribution in [0.25, 0.3) is 0 Å². The first-order valence-electron chi connectivity index (χ1n) is 28.8. The van der Waals surface area contributed by atoms with E-state index in [2.05, 4.69) is 24.5 Å². The van der Waals surface area contributed by atoms with Crippen LogP contribution < -0.4 is 10.6 Å². The molecule has 8 atom stereocenters. The second-order valence-electron chi connectivity index (χ2n) is 20.5. The highest BCUT2D eigenvalue weighted by molar-refractivity contribution is 6.33. The quantitative estimate of drug-likeness (QED) is 0.0312. The van der Waals surface area contributed by atoms with Gasteiger partial charge in [-0.05, 0) is 31.5 Å². The standard InChI is InChI=1S/C57H105ClN2O9/c1-3-5-7-9-11-13-15-17-18-19-20-21-22-23-24-25-26-27-28-30-32-34-36-40-44-59-49(52(62)50(61)43-37-35-33-31-29-16-14-12-10-8-6-4-2)45-67-56-55(65)54(64)53(63)51(69-56)46-68-57(66)60-48-42-39-38-41-47(48)58/h38-39,41-42,49-56,59,61-65H,3-37,40,43-46H2,1-2H3,(H,60,66)/t49-,50+,51+,52-,53-,54-,55+,56+/m0/s1.